The first-order valence-corrected chi connectivity index (χ1v) is 11.7. The van der Waals surface area contributed by atoms with Gasteiger partial charge in [0, 0.05) is 23.7 Å². The molecule has 11 nitrogen and oxygen atoms in total. The van der Waals surface area contributed by atoms with Gasteiger partial charge in [0.05, 0.1) is 20.3 Å². The molecule has 2 aliphatic heterocycles. The van der Waals surface area contributed by atoms with Gasteiger partial charge in [0.2, 0.25) is 0 Å². The summed E-state index contributed by atoms with van der Waals surface area (Å²) in [7, 11) is -2.63. The minimum atomic E-state index is -3.94. The van der Waals surface area contributed by atoms with Crippen LogP contribution in [0.1, 0.15) is 29.3 Å². The predicted octanol–water partition coefficient (Wildman–Crippen LogP) is 2.14. The van der Waals surface area contributed by atoms with E-state index in [9.17, 15) is 18.9 Å². The standard InChI is InChI=1S/C21H23N2O9P/c1-13-10-23(21(26)22-20(13)25)17-8-7-16(31-17)12-30-33(27)29-11-15-5-3-4-14(19(15)32-33)6-9-18(24)28-2/h3-5,7-8,10,16-17H,6,9,11-12H2,1-2H3,(H,22,25,26)/t16-,17+,33?/m0/s1. The number of hydrogen-bond acceptors (Lipinski definition) is 9. The largest absolute Gasteiger partial charge is 0.530 e. The van der Waals surface area contributed by atoms with E-state index in [1.807, 2.05) is 0 Å². The predicted molar refractivity (Wildman–Crippen MR) is 115 cm³/mol. The maximum atomic E-state index is 13.1. The highest BCUT2D eigenvalue weighted by Gasteiger charge is 2.37. The summed E-state index contributed by atoms with van der Waals surface area (Å²) < 4.78 is 41.2. The Morgan fingerprint density at radius 1 is 1.30 bits per heavy atom. The van der Waals surface area contributed by atoms with E-state index in [1.165, 1.54) is 17.9 Å². The fourth-order valence-electron chi connectivity index (χ4n) is 3.44. The number of aromatic amines is 1. The number of nitrogens with zero attached hydrogens (tertiary/aromatic N) is 1. The van der Waals surface area contributed by atoms with Gasteiger partial charge in [-0.3, -0.25) is 28.2 Å². The Morgan fingerprint density at radius 2 is 2.12 bits per heavy atom. The number of esters is 1. The summed E-state index contributed by atoms with van der Waals surface area (Å²) in [6.45, 7) is 1.45. The molecule has 1 aromatic carbocycles. The second-order valence-corrected chi connectivity index (χ2v) is 9.11. The van der Waals surface area contributed by atoms with Crippen molar-refractivity contribution in [3.05, 3.63) is 74.1 Å². The highest BCUT2D eigenvalue weighted by molar-refractivity contribution is 7.49. The van der Waals surface area contributed by atoms with Crippen LogP contribution in [-0.2, 0) is 40.9 Å². The van der Waals surface area contributed by atoms with Gasteiger partial charge in [-0.15, -0.1) is 0 Å². The summed E-state index contributed by atoms with van der Waals surface area (Å²) in [6.07, 6.45) is 3.81. The lowest BCUT2D eigenvalue weighted by Crippen LogP contribution is -2.33. The van der Waals surface area contributed by atoms with E-state index in [-0.39, 0.29) is 25.6 Å². The molecule has 3 heterocycles. The van der Waals surface area contributed by atoms with Crippen LogP contribution in [0.3, 0.4) is 0 Å². The minimum Gasteiger partial charge on any atom is -0.469 e. The second kappa shape index (κ2) is 9.48. The van der Waals surface area contributed by atoms with E-state index in [0.29, 0.717) is 28.9 Å². The molecule has 0 saturated heterocycles. The van der Waals surface area contributed by atoms with Crippen LogP contribution in [0.25, 0.3) is 0 Å². The number of methoxy groups -OCH3 is 1. The monoisotopic (exact) mass is 478 g/mol. The van der Waals surface area contributed by atoms with Crippen molar-refractivity contribution in [3.63, 3.8) is 0 Å². The Balaban J connectivity index is 1.40. The number of phosphoric acid groups is 1. The van der Waals surface area contributed by atoms with Crippen LogP contribution in [-0.4, -0.2) is 35.3 Å². The molecule has 0 radical (unpaired) electrons. The van der Waals surface area contributed by atoms with E-state index in [2.05, 4.69) is 9.72 Å². The quantitative estimate of drug-likeness (QED) is 0.361. The van der Waals surface area contributed by atoms with Crippen LogP contribution in [0.15, 0.2) is 46.1 Å². The van der Waals surface area contributed by atoms with Crippen molar-refractivity contribution in [3.8, 4) is 5.75 Å². The number of hydrogen-bond donors (Lipinski definition) is 1. The summed E-state index contributed by atoms with van der Waals surface area (Å²) in [6, 6.07) is 5.35. The number of carbonyl (C=O) groups excluding carboxylic acids is 1. The first-order chi connectivity index (χ1) is 15.8. The Kier molecular flexibility index (Phi) is 6.66. The summed E-state index contributed by atoms with van der Waals surface area (Å²) in [5.41, 5.74) is 0.673. The molecule has 12 heteroatoms. The van der Waals surface area contributed by atoms with Gasteiger partial charge in [0.15, 0.2) is 6.23 Å². The molecule has 0 aliphatic carbocycles. The van der Waals surface area contributed by atoms with E-state index < -0.39 is 31.4 Å². The fourth-order valence-corrected chi connectivity index (χ4v) is 4.70. The normalized spacial score (nSPS) is 23.7. The maximum absolute atomic E-state index is 13.1. The van der Waals surface area contributed by atoms with E-state index >= 15 is 0 Å². The summed E-state index contributed by atoms with van der Waals surface area (Å²) in [5, 5.41) is 0. The number of fused-ring (bicyclic) bond motifs is 1. The Hall–Kier alpha value is -2.98. The van der Waals surface area contributed by atoms with Gasteiger partial charge in [-0.25, -0.2) is 9.36 Å². The van der Waals surface area contributed by atoms with Gasteiger partial charge < -0.3 is 14.0 Å². The van der Waals surface area contributed by atoms with E-state index in [0.717, 1.165) is 0 Å². The third kappa shape index (κ3) is 5.17. The average molecular weight is 478 g/mol. The molecule has 0 amide bonds. The molecule has 2 aliphatic rings. The molecular formula is C21H23N2O9P. The number of carbonyl (C=O) groups is 1. The van der Waals surface area contributed by atoms with Crippen LogP contribution < -0.4 is 15.8 Å². The number of phosphoric ester groups is 1. The second-order valence-electron chi connectivity index (χ2n) is 7.52. The average Bonchev–Trinajstić information content (AvgIpc) is 3.27. The number of para-hydroxylation sites is 1. The lowest BCUT2D eigenvalue weighted by molar-refractivity contribution is -0.140. The zero-order valence-corrected chi connectivity index (χ0v) is 18.9. The Labute approximate surface area is 188 Å². The third-order valence-electron chi connectivity index (χ3n) is 5.21. The van der Waals surface area contributed by atoms with Crippen LogP contribution in [0.2, 0.25) is 0 Å². The van der Waals surface area contributed by atoms with Gasteiger partial charge in [-0.2, -0.15) is 0 Å². The maximum Gasteiger partial charge on any atom is 0.530 e. The minimum absolute atomic E-state index is 0.0225. The number of nitrogens with one attached hydrogen (secondary N) is 1. The molecular weight excluding hydrogens is 455 g/mol. The van der Waals surface area contributed by atoms with Crippen LogP contribution >= 0.6 is 7.82 Å². The molecule has 0 spiro atoms. The molecule has 0 saturated carbocycles. The molecule has 1 unspecified atom stereocenters. The first kappa shape index (κ1) is 23.2. The smallest absolute Gasteiger partial charge is 0.469 e. The highest BCUT2D eigenvalue weighted by atomic mass is 31.2. The summed E-state index contributed by atoms with van der Waals surface area (Å²) >= 11 is 0. The Bertz CT molecular complexity index is 1250. The van der Waals surface area contributed by atoms with Crippen molar-refractivity contribution >= 4 is 13.8 Å². The molecule has 4 rings (SSSR count). The zero-order valence-electron chi connectivity index (χ0n) is 18.0. The number of aryl methyl sites for hydroxylation is 2. The van der Waals surface area contributed by atoms with E-state index in [4.69, 9.17) is 18.3 Å². The lowest BCUT2D eigenvalue weighted by Gasteiger charge is -2.27. The molecule has 0 bridgehead atoms. The van der Waals surface area contributed by atoms with Crippen molar-refractivity contribution in [1.82, 2.24) is 9.55 Å². The van der Waals surface area contributed by atoms with Crippen LogP contribution in [0.5, 0.6) is 5.75 Å². The molecule has 1 aromatic heterocycles. The molecule has 2 aromatic rings. The van der Waals surface area contributed by atoms with Crippen molar-refractivity contribution in [2.75, 3.05) is 13.7 Å². The van der Waals surface area contributed by atoms with Crippen molar-refractivity contribution in [2.24, 2.45) is 0 Å². The molecule has 33 heavy (non-hydrogen) atoms. The van der Waals surface area contributed by atoms with Crippen LogP contribution in [0.4, 0.5) is 0 Å². The highest BCUT2D eigenvalue weighted by Crippen LogP contribution is 2.55. The number of benzene rings is 1. The molecule has 176 valence electrons. The van der Waals surface area contributed by atoms with Crippen molar-refractivity contribution in [2.45, 2.75) is 38.7 Å². The first-order valence-electron chi connectivity index (χ1n) is 10.2. The van der Waals surface area contributed by atoms with E-state index in [1.54, 1.807) is 37.3 Å². The van der Waals surface area contributed by atoms with Crippen molar-refractivity contribution < 1.29 is 32.4 Å². The van der Waals surface area contributed by atoms with Crippen molar-refractivity contribution in [1.29, 1.82) is 0 Å². The third-order valence-corrected chi connectivity index (χ3v) is 6.52. The van der Waals surface area contributed by atoms with Gasteiger partial charge in [-0.1, -0.05) is 24.3 Å². The summed E-state index contributed by atoms with van der Waals surface area (Å²) in [5.74, 6) is 0.00243. The van der Waals surface area contributed by atoms with Gasteiger partial charge in [-0.05, 0) is 25.0 Å². The van der Waals surface area contributed by atoms with Gasteiger partial charge >= 0.3 is 19.5 Å². The van der Waals surface area contributed by atoms with Gasteiger partial charge in [0.1, 0.15) is 11.9 Å². The topological polar surface area (TPSA) is 135 Å². The molecule has 3 atom stereocenters. The van der Waals surface area contributed by atoms with Crippen LogP contribution in [0, 0.1) is 6.92 Å². The number of H-pyrrole nitrogens is 1. The molecule has 0 fully saturated rings. The lowest BCUT2D eigenvalue weighted by atomic mass is 10.0. The zero-order chi connectivity index (χ0) is 23.6. The summed E-state index contributed by atoms with van der Waals surface area (Å²) in [4.78, 5) is 37.3. The molecule has 1 N–H and O–H groups in total. The number of aromatic nitrogens is 2. The SMILES string of the molecule is COC(=O)CCc1cccc2c1OP(=O)(OC[C@@H]1C=C[C@H](n3cc(C)c(=O)[nH]c3=O)O1)OC2. The fraction of sp³-hybridized carbons (Fsp3) is 0.381. The number of rotatable bonds is 7. The van der Waals surface area contributed by atoms with Gasteiger partial charge in [0.25, 0.3) is 5.56 Å². The Morgan fingerprint density at radius 3 is 2.91 bits per heavy atom. The number of ether oxygens (including phenoxy) is 2.